The number of rotatable bonds is 7. The quantitative estimate of drug-likeness (QED) is 0.776. The van der Waals surface area contributed by atoms with Gasteiger partial charge in [0.15, 0.2) is 0 Å². The zero-order valence-electron chi connectivity index (χ0n) is 11.3. The van der Waals surface area contributed by atoms with Gasteiger partial charge in [0.25, 0.3) is 0 Å². The van der Waals surface area contributed by atoms with E-state index in [1.54, 1.807) is 18.4 Å². The number of hydrogen-bond acceptors (Lipinski definition) is 4. The van der Waals surface area contributed by atoms with Gasteiger partial charge in [0, 0.05) is 27.2 Å². The molecule has 0 aliphatic carbocycles. The molecule has 1 atom stereocenters. The van der Waals surface area contributed by atoms with Crippen LogP contribution in [-0.2, 0) is 16.1 Å². The summed E-state index contributed by atoms with van der Waals surface area (Å²) >= 11 is 4.93. The maximum atomic E-state index is 11.9. The number of nitrogens with zero attached hydrogens (tertiary/aromatic N) is 1. The van der Waals surface area contributed by atoms with Crippen molar-refractivity contribution in [3.8, 4) is 0 Å². The van der Waals surface area contributed by atoms with Crippen LogP contribution in [0.2, 0.25) is 0 Å². The fourth-order valence-electron chi connectivity index (χ4n) is 1.54. The first-order chi connectivity index (χ1) is 9.42. The van der Waals surface area contributed by atoms with Gasteiger partial charge in [-0.05, 0) is 32.9 Å². The van der Waals surface area contributed by atoms with E-state index >= 15 is 0 Å². The van der Waals surface area contributed by atoms with Crippen LogP contribution < -0.4 is 5.32 Å². The molecule has 0 saturated heterocycles. The minimum Gasteiger partial charge on any atom is -0.481 e. The van der Waals surface area contributed by atoms with Gasteiger partial charge in [0.05, 0.1) is 16.3 Å². The molecule has 0 aromatic carbocycles. The molecule has 8 heteroatoms. The summed E-state index contributed by atoms with van der Waals surface area (Å²) in [7, 11) is 3.10. The van der Waals surface area contributed by atoms with Gasteiger partial charge in [-0.3, -0.25) is 4.79 Å². The Kier molecular flexibility index (Phi) is 6.97. The second-order valence-electron chi connectivity index (χ2n) is 4.26. The summed E-state index contributed by atoms with van der Waals surface area (Å²) in [6.07, 6.45) is -0.669. The third kappa shape index (κ3) is 5.89. The van der Waals surface area contributed by atoms with E-state index < -0.39 is 12.1 Å². The molecule has 1 aromatic rings. The number of carbonyl (C=O) groups is 2. The summed E-state index contributed by atoms with van der Waals surface area (Å²) in [4.78, 5) is 24.0. The predicted octanol–water partition coefficient (Wildman–Crippen LogP) is 2.14. The Balaban J connectivity index is 2.39. The first kappa shape index (κ1) is 16.9. The van der Waals surface area contributed by atoms with E-state index in [-0.39, 0.29) is 19.0 Å². The molecule has 6 nitrogen and oxygen atoms in total. The van der Waals surface area contributed by atoms with Crippen LogP contribution in [-0.4, -0.2) is 48.8 Å². The molecule has 0 aliphatic rings. The summed E-state index contributed by atoms with van der Waals surface area (Å²) in [6, 6.07) is 1.69. The van der Waals surface area contributed by atoms with Crippen molar-refractivity contribution in [2.75, 3.05) is 20.7 Å². The van der Waals surface area contributed by atoms with Gasteiger partial charge in [0.2, 0.25) is 0 Å². The molecule has 0 aliphatic heterocycles. The lowest BCUT2D eigenvalue weighted by molar-refractivity contribution is -0.139. The number of hydrogen-bond donors (Lipinski definition) is 2. The van der Waals surface area contributed by atoms with Crippen molar-refractivity contribution in [3.63, 3.8) is 0 Å². The number of halogens is 1. The molecule has 20 heavy (non-hydrogen) atoms. The fourth-order valence-corrected chi connectivity index (χ4v) is 2.74. The number of amides is 2. The van der Waals surface area contributed by atoms with E-state index in [9.17, 15) is 9.59 Å². The van der Waals surface area contributed by atoms with E-state index in [1.165, 1.54) is 12.0 Å². The van der Waals surface area contributed by atoms with Crippen LogP contribution in [0, 0.1) is 0 Å². The van der Waals surface area contributed by atoms with Crippen LogP contribution in [0.1, 0.15) is 12.0 Å². The van der Waals surface area contributed by atoms with E-state index in [1.807, 2.05) is 11.4 Å². The summed E-state index contributed by atoms with van der Waals surface area (Å²) in [6.45, 7) is 0.657. The van der Waals surface area contributed by atoms with Crippen LogP contribution in [0.5, 0.6) is 0 Å². The number of ether oxygens (including phenoxy) is 1. The Morgan fingerprint density at radius 2 is 2.30 bits per heavy atom. The van der Waals surface area contributed by atoms with E-state index in [0.717, 1.165) is 9.35 Å². The number of aliphatic carboxylic acids is 1. The first-order valence-corrected chi connectivity index (χ1v) is 7.56. The molecule has 2 N–H and O–H groups in total. The highest BCUT2D eigenvalue weighted by Crippen LogP contribution is 2.21. The second kappa shape index (κ2) is 8.23. The lowest BCUT2D eigenvalue weighted by Gasteiger charge is -2.19. The number of nitrogens with one attached hydrogen (secondary N) is 1. The van der Waals surface area contributed by atoms with Crippen LogP contribution in [0.25, 0.3) is 0 Å². The van der Waals surface area contributed by atoms with Crippen LogP contribution >= 0.6 is 27.3 Å². The topological polar surface area (TPSA) is 78.9 Å². The molecular formula is C12H17BrN2O4S. The Bertz CT molecular complexity index is 466. The molecule has 112 valence electrons. The van der Waals surface area contributed by atoms with Gasteiger partial charge < -0.3 is 20.1 Å². The van der Waals surface area contributed by atoms with Crippen LogP contribution in [0.15, 0.2) is 15.2 Å². The van der Waals surface area contributed by atoms with Gasteiger partial charge >= 0.3 is 12.0 Å². The number of thiophene rings is 1. The van der Waals surface area contributed by atoms with Gasteiger partial charge in [-0.25, -0.2) is 4.79 Å². The number of urea groups is 1. The van der Waals surface area contributed by atoms with Crippen molar-refractivity contribution < 1.29 is 19.4 Å². The minimum absolute atomic E-state index is 0.141. The molecule has 1 rings (SSSR count). The number of carboxylic acids is 1. The van der Waals surface area contributed by atoms with Crippen molar-refractivity contribution in [1.82, 2.24) is 10.2 Å². The van der Waals surface area contributed by atoms with Gasteiger partial charge in [-0.2, -0.15) is 0 Å². The fraction of sp³-hybridized carbons (Fsp3) is 0.500. The van der Waals surface area contributed by atoms with Crippen LogP contribution in [0.4, 0.5) is 4.79 Å². The highest BCUT2D eigenvalue weighted by Gasteiger charge is 2.15. The van der Waals surface area contributed by atoms with E-state index in [2.05, 4.69) is 21.2 Å². The maximum Gasteiger partial charge on any atom is 0.317 e. The minimum atomic E-state index is -0.956. The molecule has 2 amide bonds. The maximum absolute atomic E-state index is 11.9. The SMILES string of the molecule is COC(CNC(=O)N(C)Cc1csc(Br)c1)CC(=O)O. The Labute approximate surface area is 129 Å². The molecule has 0 radical (unpaired) electrons. The predicted molar refractivity (Wildman–Crippen MR) is 79.9 cm³/mol. The van der Waals surface area contributed by atoms with E-state index in [4.69, 9.17) is 9.84 Å². The normalized spacial score (nSPS) is 11.9. The Hall–Kier alpha value is -1.12. The van der Waals surface area contributed by atoms with Gasteiger partial charge in [0.1, 0.15) is 0 Å². The monoisotopic (exact) mass is 364 g/mol. The first-order valence-electron chi connectivity index (χ1n) is 5.88. The lowest BCUT2D eigenvalue weighted by Crippen LogP contribution is -2.41. The zero-order chi connectivity index (χ0) is 15.1. The molecule has 1 aromatic heterocycles. The van der Waals surface area contributed by atoms with Gasteiger partial charge in [-0.1, -0.05) is 0 Å². The average molecular weight is 365 g/mol. The van der Waals surface area contributed by atoms with Crippen molar-refractivity contribution in [3.05, 3.63) is 20.8 Å². The van der Waals surface area contributed by atoms with E-state index in [0.29, 0.717) is 6.54 Å². The van der Waals surface area contributed by atoms with Crippen molar-refractivity contribution in [2.24, 2.45) is 0 Å². The molecule has 1 unspecified atom stereocenters. The van der Waals surface area contributed by atoms with Crippen molar-refractivity contribution in [1.29, 1.82) is 0 Å². The molecule has 0 saturated carbocycles. The van der Waals surface area contributed by atoms with Crippen molar-refractivity contribution in [2.45, 2.75) is 19.1 Å². The van der Waals surface area contributed by atoms with Crippen molar-refractivity contribution >= 4 is 39.3 Å². The third-order valence-electron chi connectivity index (χ3n) is 2.60. The molecule has 0 spiro atoms. The second-order valence-corrected chi connectivity index (χ2v) is 6.55. The largest absolute Gasteiger partial charge is 0.481 e. The molecule has 0 fully saturated rings. The van der Waals surface area contributed by atoms with Crippen LogP contribution in [0.3, 0.4) is 0 Å². The Morgan fingerprint density at radius 1 is 1.60 bits per heavy atom. The molecule has 1 heterocycles. The highest BCUT2D eigenvalue weighted by molar-refractivity contribution is 9.11. The molecule has 0 bridgehead atoms. The smallest absolute Gasteiger partial charge is 0.317 e. The number of carbonyl (C=O) groups excluding carboxylic acids is 1. The lowest BCUT2D eigenvalue weighted by atomic mass is 10.2. The number of carboxylic acid groups (broad SMARTS) is 1. The zero-order valence-corrected chi connectivity index (χ0v) is 13.7. The summed E-state index contributed by atoms with van der Waals surface area (Å²) < 4.78 is 6.01. The van der Waals surface area contributed by atoms with Gasteiger partial charge in [-0.15, -0.1) is 11.3 Å². The third-order valence-corrected chi connectivity index (χ3v) is 4.16. The molecular weight excluding hydrogens is 348 g/mol. The highest BCUT2D eigenvalue weighted by atomic mass is 79.9. The Morgan fingerprint density at radius 3 is 2.80 bits per heavy atom. The summed E-state index contributed by atoms with van der Waals surface area (Å²) in [5.41, 5.74) is 1.04. The summed E-state index contributed by atoms with van der Waals surface area (Å²) in [5.74, 6) is -0.956. The average Bonchev–Trinajstić information content (AvgIpc) is 2.78. The summed E-state index contributed by atoms with van der Waals surface area (Å²) in [5, 5.41) is 13.3. The number of methoxy groups -OCH3 is 1. The standard InChI is InChI=1S/C12H17BrN2O4S/c1-15(6-8-3-10(13)20-7-8)12(18)14-5-9(19-2)4-11(16)17/h3,7,9H,4-6H2,1-2H3,(H,14,18)(H,16,17).